The number of nitrogens with zero attached hydrogens (tertiary/aromatic N) is 1. The highest BCUT2D eigenvalue weighted by molar-refractivity contribution is 5.94. The number of piperazine rings is 1. The lowest BCUT2D eigenvalue weighted by molar-refractivity contribution is -0.148. The van der Waals surface area contributed by atoms with Crippen molar-refractivity contribution in [1.29, 1.82) is 0 Å². The smallest absolute Gasteiger partial charge is 0.242 e. The van der Waals surface area contributed by atoms with E-state index in [-0.39, 0.29) is 24.4 Å². The van der Waals surface area contributed by atoms with Gasteiger partial charge in [0.2, 0.25) is 11.8 Å². The molecular formula is C11H18N2O2. The zero-order chi connectivity index (χ0) is 10.8. The highest BCUT2D eigenvalue weighted by Gasteiger charge is 2.36. The van der Waals surface area contributed by atoms with Crippen LogP contribution in [0.5, 0.6) is 0 Å². The van der Waals surface area contributed by atoms with Crippen molar-refractivity contribution in [1.82, 2.24) is 10.2 Å². The number of nitrogens with one attached hydrogen (secondary N) is 1. The van der Waals surface area contributed by atoms with E-state index in [9.17, 15) is 9.59 Å². The van der Waals surface area contributed by atoms with Crippen LogP contribution < -0.4 is 5.32 Å². The van der Waals surface area contributed by atoms with Crippen LogP contribution in [0.25, 0.3) is 0 Å². The summed E-state index contributed by atoms with van der Waals surface area (Å²) in [7, 11) is 0. The van der Waals surface area contributed by atoms with Gasteiger partial charge in [-0.3, -0.25) is 9.59 Å². The molecule has 0 aromatic carbocycles. The number of rotatable bonds is 1. The van der Waals surface area contributed by atoms with Gasteiger partial charge in [0.1, 0.15) is 6.04 Å². The number of hydrogen-bond donors (Lipinski definition) is 1. The van der Waals surface area contributed by atoms with E-state index in [1.807, 2.05) is 6.92 Å². The van der Waals surface area contributed by atoms with Crippen LogP contribution in [0.2, 0.25) is 0 Å². The van der Waals surface area contributed by atoms with Crippen LogP contribution in [0.1, 0.15) is 39.0 Å². The van der Waals surface area contributed by atoms with Crippen molar-refractivity contribution in [3.8, 4) is 0 Å². The highest BCUT2D eigenvalue weighted by Crippen LogP contribution is 2.25. The van der Waals surface area contributed by atoms with Gasteiger partial charge in [0.05, 0.1) is 6.54 Å². The molecule has 0 unspecified atom stereocenters. The molecule has 1 heterocycles. The fourth-order valence-corrected chi connectivity index (χ4v) is 2.62. The Kier molecular flexibility index (Phi) is 2.93. The lowest BCUT2D eigenvalue weighted by Crippen LogP contribution is -2.60. The highest BCUT2D eigenvalue weighted by atomic mass is 16.2. The molecule has 1 saturated heterocycles. The van der Waals surface area contributed by atoms with Crippen LogP contribution in [-0.4, -0.2) is 35.3 Å². The zero-order valence-electron chi connectivity index (χ0n) is 9.16. The molecule has 1 aliphatic heterocycles. The van der Waals surface area contributed by atoms with Gasteiger partial charge in [0, 0.05) is 6.04 Å². The molecule has 0 spiro atoms. The summed E-state index contributed by atoms with van der Waals surface area (Å²) >= 11 is 0. The SMILES string of the molecule is C[C@H]1C(=O)NCC(=O)N1C1CCCCC1. The Morgan fingerprint density at radius 2 is 1.87 bits per heavy atom. The lowest BCUT2D eigenvalue weighted by Gasteiger charge is -2.40. The average molecular weight is 210 g/mol. The maximum absolute atomic E-state index is 11.8. The van der Waals surface area contributed by atoms with Gasteiger partial charge in [-0.1, -0.05) is 19.3 Å². The number of carbonyl (C=O) groups is 2. The molecule has 1 aliphatic carbocycles. The van der Waals surface area contributed by atoms with Crippen molar-refractivity contribution in [2.24, 2.45) is 0 Å². The maximum atomic E-state index is 11.8. The molecule has 2 aliphatic rings. The van der Waals surface area contributed by atoms with Gasteiger partial charge in [-0.05, 0) is 19.8 Å². The summed E-state index contributed by atoms with van der Waals surface area (Å²) < 4.78 is 0. The van der Waals surface area contributed by atoms with E-state index >= 15 is 0 Å². The largest absolute Gasteiger partial charge is 0.345 e. The first-order valence-electron chi connectivity index (χ1n) is 5.79. The predicted molar refractivity (Wildman–Crippen MR) is 56.2 cm³/mol. The molecule has 2 fully saturated rings. The summed E-state index contributed by atoms with van der Waals surface area (Å²) in [6.07, 6.45) is 5.75. The lowest BCUT2D eigenvalue weighted by atomic mass is 9.92. The summed E-state index contributed by atoms with van der Waals surface area (Å²) in [6, 6.07) is 0.0154. The third kappa shape index (κ3) is 1.98. The number of hydrogen-bond acceptors (Lipinski definition) is 2. The third-order valence-corrected chi connectivity index (χ3v) is 3.47. The van der Waals surface area contributed by atoms with Crippen molar-refractivity contribution in [3.05, 3.63) is 0 Å². The van der Waals surface area contributed by atoms with E-state index in [1.165, 1.54) is 19.3 Å². The molecule has 0 aromatic heterocycles. The number of carbonyl (C=O) groups excluding carboxylic acids is 2. The van der Waals surface area contributed by atoms with E-state index in [0.717, 1.165) is 12.8 Å². The van der Waals surface area contributed by atoms with Gasteiger partial charge in [-0.15, -0.1) is 0 Å². The second-order valence-corrected chi connectivity index (χ2v) is 4.49. The molecule has 15 heavy (non-hydrogen) atoms. The van der Waals surface area contributed by atoms with Gasteiger partial charge in [0.15, 0.2) is 0 Å². The summed E-state index contributed by atoms with van der Waals surface area (Å²) in [4.78, 5) is 25.1. The van der Waals surface area contributed by atoms with Crippen LogP contribution in [0.3, 0.4) is 0 Å². The monoisotopic (exact) mass is 210 g/mol. The van der Waals surface area contributed by atoms with Crippen LogP contribution in [0.15, 0.2) is 0 Å². The second-order valence-electron chi connectivity index (χ2n) is 4.49. The molecule has 0 radical (unpaired) electrons. The van der Waals surface area contributed by atoms with Crippen molar-refractivity contribution in [3.63, 3.8) is 0 Å². The van der Waals surface area contributed by atoms with Crippen molar-refractivity contribution in [2.45, 2.75) is 51.1 Å². The van der Waals surface area contributed by atoms with Gasteiger partial charge < -0.3 is 10.2 Å². The Morgan fingerprint density at radius 1 is 1.20 bits per heavy atom. The summed E-state index contributed by atoms with van der Waals surface area (Å²) in [5.41, 5.74) is 0. The molecule has 1 N–H and O–H groups in total. The molecule has 0 aromatic rings. The molecule has 1 atom stereocenters. The van der Waals surface area contributed by atoms with Crippen molar-refractivity contribution < 1.29 is 9.59 Å². The quantitative estimate of drug-likeness (QED) is 0.691. The first-order valence-corrected chi connectivity index (χ1v) is 5.79. The molecule has 2 amide bonds. The zero-order valence-corrected chi connectivity index (χ0v) is 9.16. The Labute approximate surface area is 90.0 Å². The molecule has 1 saturated carbocycles. The molecule has 4 nitrogen and oxygen atoms in total. The van der Waals surface area contributed by atoms with Crippen LogP contribution in [-0.2, 0) is 9.59 Å². The Morgan fingerprint density at radius 3 is 2.53 bits per heavy atom. The van der Waals surface area contributed by atoms with Gasteiger partial charge in [-0.25, -0.2) is 0 Å². The minimum Gasteiger partial charge on any atom is -0.345 e. The molecule has 2 rings (SSSR count). The minimum absolute atomic E-state index is 0.0137. The Balaban J connectivity index is 2.09. The summed E-state index contributed by atoms with van der Waals surface area (Å²) in [5, 5.41) is 2.62. The predicted octanol–water partition coefficient (Wildman–Crippen LogP) is 0.666. The van der Waals surface area contributed by atoms with Gasteiger partial charge >= 0.3 is 0 Å². The van der Waals surface area contributed by atoms with E-state index in [0.29, 0.717) is 6.04 Å². The molecule has 0 bridgehead atoms. The number of amides is 2. The first-order chi connectivity index (χ1) is 7.20. The molecule has 4 heteroatoms. The summed E-state index contributed by atoms with van der Waals surface area (Å²) in [5.74, 6) is 0.0640. The average Bonchev–Trinajstić information content (AvgIpc) is 2.26. The third-order valence-electron chi connectivity index (χ3n) is 3.47. The standard InChI is InChI=1S/C11H18N2O2/c1-8-11(15)12-7-10(14)13(8)9-5-3-2-4-6-9/h8-9H,2-7H2,1H3,(H,12,15)/t8-/m0/s1. The summed E-state index contributed by atoms with van der Waals surface area (Å²) in [6.45, 7) is 2.00. The normalized spacial score (nSPS) is 29.1. The minimum atomic E-state index is -0.283. The van der Waals surface area contributed by atoms with Crippen LogP contribution >= 0.6 is 0 Å². The van der Waals surface area contributed by atoms with E-state index in [4.69, 9.17) is 0 Å². The van der Waals surface area contributed by atoms with Crippen LogP contribution in [0.4, 0.5) is 0 Å². The fraction of sp³-hybridized carbons (Fsp3) is 0.818. The first kappa shape index (κ1) is 10.5. The fourth-order valence-electron chi connectivity index (χ4n) is 2.62. The second kappa shape index (κ2) is 4.21. The molecule has 84 valence electrons. The van der Waals surface area contributed by atoms with Crippen molar-refractivity contribution >= 4 is 11.8 Å². The van der Waals surface area contributed by atoms with Gasteiger partial charge in [0.25, 0.3) is 0 Å². The van der Waals surface area contributed by atoms with Crippen LogP contribution in [0, 0.1) is 0 Å². The Hall–Kier alpha value is -1.06. The van der Waals surface area contributed by atoms with Crippen molar-refractivity contribution in [2.75, 3.05) is 6.54 Å². The van der Waals surface area contributed by atoms with Gasteiger partial charge in [-0.2, -0.15) is 0 Å². The topological polar surface area (TPSA) is 49.4 Å². The van der Waals surface area contributed by atoms with E-state index < -0.39 is 0 Å². The maximum Gasteiger partial charge on any atom is 0.242 e. The Bertz CT molecular complexity index is 272. The van der Waals surface area contributed by atoms with E-state index in [1.54, 1.807) is 4.90 Å². The van der Waals surface area contributed by atoms with E-state index in [2.05, 4.69) is 5.32 Å². The molecular weight excluding hydrogens is 192 g/mol.